The number of dihydropyridines is 1. The second kappa shape index (κ2) is 15.6. The lowest BCUT2D eigenvalue weighted by Crippen LogP contribution is -2.48. The molecule has 1 saturated heterocycles. The average Bonchev–Trinajstić information content (AvgIpc) is 3.09. The van der Waals surface area contributed by atoms with Crippen LogP contribution in [0.1, 0.15) is 69.9 Å². The lowest BCUT2D eigenvalue weighted by atomic mass is 9.72. The third-order valence-electron chi connectivity index (χ3n) is 8.94. The van der Waals surface area contributed by atoms with E-state index < -0.39 is 11.3 Å². The molecule has 10 nitrogen and oxygen atoms in total. The van der Waals surface area contributed by atoms with E-state index in [9.17, 15) is 19.3 Å². The fourth-order valence-electron chi connectivity index (χ4n) is 6.54. The maximum atomic E-state index is 13.9. The van der Waals surface area contributed by atoms with Crippen LogP contribution in [0.25, 0.3) is 0 Å². The van der Waals surface area contributed by atoms with E-state index in [0.717, 1.165) is 48.6 Å². The molecule has 2 aromatic carbocycles. The first-order valence-corrected chi connectivity index (χ1v) is 15.9. The lowest BCUT2D eigenvalue weighted by Gasteiger charge is -2.40. The molecular formula is C35H45N5O5. The van der Waals surface area contributed by atoms with Crippen LogP contribution in [0.2, 0.25) is 0 Å². The Kier molecular flexibility index (Phi) is 11.6. The molecule has 3 N–H and O–H groups in total. The Morgan fingerprint density at radius 3 is 2.04 bits per heavy atom. The largest absolute Gasteiger partial charge is 0.468 e. The number of allylic oxidation sites excluding steroid dienone is 2. The van der Waals surface area contributed by atoms with E-state index >= 15 is 0 Å². The van der Waals surface area contributed by atoms with E-state index in [0.29, 0.717) is 49.9 Å². The van der Waals surface area contributed by atoms with Crippen LogP contribution in [0.5, 0.6) is 0 Å². The maximum absolute atomic E-state index is 13.9. The first kappa shape index (κ1) is 33.6. The number of benzene rings is 2. The number of hydrogen-bond donors (Lipinski definition) is 3. The number of esters is 1. The normalized spacial score (nSPS) is 18.2. The molecule has 2 heterocycles. The van der Waals surface area contributed by atoms with Gasteiger partial charge in [-0.2, -0.15) is 0 Å². The van der Waals surface area contributed by atoms with Crippen molar-refractivity contribution in [3.8, 4) is 0 Å². The van der Waals surface area contributed by atoms with Gasteiger partial charge >= 0.3 is 5.97 Å². The molecule has 2 aliphatic heterocycles. The molecule has 0 aliphatic carbocycles. The van der Waals surface area contributed by atoms with Gasteiger partial charge in [0.1, 0.15) is 5.69 Å². The van der Waals surface area contributed by atoms with Crippen molar-refractivity contribution in [2.45, 2.75) is 64.2 Å². The number of amides is 2. The summed E-state index contributed by atoms with van der Waals surface area (Å²) in [7, 11) is 1.45. The molecule has 1 unspecified atom stereocenters. The van der Waals surface area contributed by atoms with Crippen molar-refractivity contribution >= 4 is 23.5 Å². The second-order valence-electron chi connectivity index (χ2n) is 11.5. The summed E-state index contributed by atoms with van der Waals surface area (Å²) in [6.07, 6.45) is 3.24. The zero-order valence-corrected chi connectivity index (χ0v) is 26.8. The van der Waals surface area contributed by atoms with Gasteiger partial charge in [0, 0.05) is 41.5 Å². The summed E-state index contributed by atoms with van der Waals surface area (Å²) in [5.74, 6) is -1.25. The molecule has 0 radical (unpaired) electrons. The Balaban J connectivity index is 1.46. The molecule has 0 bridgehead atoms. The van der Waals surface area contributed by atoms with Gasteiger partial charge in [-0.1, -0.05) is 56.3 Å². The topological polar surface area (TPSA) is 129 Å². The molecule has 0 aromatic heterocycles. The number of carbonyl (C=O) groups is 3. The number of hydrogen-bond acceptors (Lipinski definition) is 8. The van der Waals surface area contributed by atoms with E-state index in [2.05, 4.69) is 26.0 Å². The Bertz CT molecular complexity index is 1430. The first-order chi connectivity index (χ1) is 21.8. The number of carbonyl (C=O) groups excluding carboxylic acids is 3. The number of nitrogens with one attached hydrogen (secondary N) is 3. The Hall–Kier alpha value is -4.31. The SMILES string of the molecule is CCNC(=O)C1=C(CC)NC(CC)=C(C(=O)NCCCN2CCC(C(=O)OC)(c3ccccc3)CC2)C1c1ccc(N=O)cc1. The minimum atomic E-state index is -0.640. The molecule has 2 aliphatic rings. The summed E-state index contributed by atoms with van der Waals surface area (Å²) in [4.78, 5) is 53.6. The zero-order chi connectivity index (χ0) is 32.4. The van der Waals surface area contributed by atoms with Gasteiger partial charge in [0.15, 0.2) is 0 Å². The van der Waals surface area contributed by atoms with Gasteiger partial charge in [-0.05, 0) is 87.1 Å². The minimum absolute atomic E-state index is 0.194. The van der Waals surface area contributed by atoms with Crippen molar-refractivity contribution in [3.63, 3.8) is 0 Å². The summed E-state index contributed by atoms with van der Waals surface area (Å²) >= 11 is 0. The molecule has 240 valence electrons. The van der Waals surface area contributed by atoms with E-state index in [-0.39, 0.29) is 23.5 Å². The molecule has 10 heteroatoms. The van der Waals surface area contributed by atoms with E-state index in [1.165, 1.54) is 7.11 Å². The van der Waals surface area contributed by atoms with Gasteiger partial charge in [0.05, 0.1) is 12.5 Å². The number of nitrogens with zero attached hydrogens (tertiary/aromatic N) is 2. The zero-order valence-electron chi connectivity index (χ0n) is 26.8. The first-order valence-electron chi connectivity index (χ1n) is 15.9. The second-order valence-corrected chi connectivity index (χ2v) is 11.5. The highest BCUT2D eigenvalue weighted by Gasteiger charge is 2.44. The van der Waals surface area contributed by atoms with Crippen LogP contribution in [0, 0.1) is 4.91 Å². The van der Waals surface area contributed by atoms with Crippen LogP contribution >= 0.6 is 0 Å². The third kappa shape index (κ3) is 7.33. The van der Waals surface area contributed by atoms with Gasteiger partial charge in [0.2, 0.25) is 11.8 Å². The van der Waals surface area contributed by atoms with Crippen molar-refractivity contribution in [1.82, 2.24) is 20.9 Å². The molecule has 4 rings (SSSR count). The van der Waals surface area contributed by atoms with Gasteiger partial charge in [-0.3, -0.25) is 14.4 Å². The Morgan fingerprint density at radius 2 is 1.51 bits per heavy atom. The molecule has 2 aromatic rings. The Labute approximate surface area is 265 Å². The summed E-state index contributed by atoms with van der Waals surface area (Å²) in [5, 5.41) is 12.4. The quantitative estimate of drug-likeness (QED) is 0.165. The predicted octanol–water partition coefficient (Wildman–Crippen LogP) is 4.95. The number of ether oxygens (including phenoxy) is 1. The van der Waals surface area contributed by atoms with Crippen LogP contribution in [0.3, 0.4) is 0 Å². The van der Waals surface area contributed by atoms with Crippen molar-refractivity contribution in [1.29, 1.82) is 0 Å². The number of rotatable bonds is 13. The summed E-state index contributed by atoms with van der Waals surface area (Å²) in [5.41, 5.74) is 3.94. The van der Waals surface area contributed by atoms with E-state index in [1.54, 1.807) is 24.3 Å². The highest BCUT2D eigenvalue weighted by atomic mass is 16.5. The van der Waals surface area contributed by atoms with Crippen molar-refractivity contribution in [3.05, 3.63) is 93.2 Å². The molecule has 0 spiro atoms. The number of piperidine rings is 1. The molecule has 1 atom stereocenters. The van der Waals surface area contributed by atoms with Crippen molar-refractivity contribution in [2.24, 2.45) is 5.18 Å². The standard InChI is InChI=1S/C35H45N5O5/c1-5-27-30(32(41)36-7-3)29(24-14-16-26(39-44)17-15-24)31(28(6-2)38-27)33(42)37-20-11-21-40-22-18-35(19-23-40,34(43)45-4)25-12-9-8-10-13-25/h8-10,12-17,29,38H,5-7,11,18-23H2,1-4H3,(H,36,41)(H,37,42). The van der Waals surface area contributed by atoms with E-state index in [4.69, 9.17) is 4.74 Å². The Morgan fingerprint density at radius 1 is 0.911 bits per heavy atom. The van der Waals surface area contributed by atoms with Crippen LogP contribution in [0.4, 0.5) is 5.69 Å². The van der Waals surface area contributed by atoms with Crippen LogP contribution in [0.15, 0.2) is 82.3 Å². The number of nitroso groups, excluding NO2 is 1. The van der Waals surface area contributed by atoms with Crippen LogP contribution in [-0.4, -0.2) is 62.5 Å². The molecule has 2 amide bonds. The number of likely N-dealkylation sites (tertiary alicyclic amines) is 1. The average molecular weight is 616 g/mol. The highest BCUT2D eigenvalue weighted by molar-refractivity contribution is 6.03. The predicted molar refractivity (Wildman–Crippen MR) is 175 cm³/mol. The fourth-order valence-corrected chi connectivity index (χ4v) is 6.54. The molecule has 0 saturated carbocycles. The van der Waals surface area contributed by atoms with Gasteiger partial charge < -0.3 is 25.6 Å². The molecular weight excluding hydrogens is 570 g/mol. The van der Waals surface area contributed by atoms with Crippen molar-refractivity contribution < 1.29 is 19.1 Å². The molecule has 45 heavy (non-hydrogen) atoms. The summed E-state index contributed by atoms with van der Waals surface area (Å²) < 4.78 is 5.22. The fraction of sp³-hybridized carbons (Fsp3) is 0.457. The maximum Gasteiger partial charge on any atom is 0.316 e. The van der Waals surface area contributed by atoms with Crippen LogP contribution in [-0.2, 0) is 24.5 Å². The van der Waals surface area contributed by atoms with E-state index in [1.807, 2.05) is 51.1 Å². The van der Waals surface area contributed by atoms with Gasteiger partial charge in [-0.15, -0.1) is 4.91 Å². The minimum Gasteiger partial charge on any atom is -0.468 e. The number of methoxy groups -OCH3 is 1. The van der Waals surface area contributed by atoms with Crippen LogP contribution < -0.4 is 16.0 Å². The summed E-state index contributed by atoms with van der Waals surface area (Å²) in [6.45, 7) is 9.01. The van der Waals surface area contributed by atoms with Crippen molar-refractivity contribution in [2.75, 3.05) is 39.8 Å². The lowest BCUT2D eigenvalue weighted by molar-refractivity contribution is -0.149. The summed E-state index contributed by atoms with van der Waals surface area (Å²) in [6, 6.07) is 16.6. The highest BCUT2D eigenvalue weighted by Crippen LogP contribution is 2.40. The third-order valence-corrected chi connectivity index (χ3v) is 8.94. The smallest absolute Gasteiger partial charge is 0.316 e. The number of likely N-dealkylation sites (N-methyl/N-ethyl adjacent to an activating group) is 1. The monoisotopic (exact) mass is 615 g/mol. The van der Waals surface area contributed by atoms with Gasteiger partial charge in [-0.25, -0.2) is 0 Å². The molecule has 1 fully saturated rings. The van der Waals surface area contributed by atoms with Gasteiger partial charge in [0.25, 0.3) is 0 Å².